The molecule has 4 heterocycles. The van der Waals surface area contributed by atoms with E-state index < -0.39 is 5.91 Å². The Hall–Kier alpha value is -2.62. The van der Waals surface area contributed by atoms with Gasteiger partial charge < -0.3 is 34.1 Å². The average molecular weight is 521 g/mol. The highest BCUT2D eigenvalue weighted by atomic mass is 35.5. The summed E-state index contributed by atoms with van der Waals surface area (Å²) < 4.78 is 0.993. The Morgan fingerprint density at radius 1 is 1.14 bits per heavy atom. The standard InChI is InChI=1S/C24H33ClN8O.ClH/c1-24(2,3)16-6-4-14(5-7-16)12-33-10-8-15(9-11-33)17(13-33)29-23(28)32-22(34)18-20(26)31-21(27)19(25)30-18;/h4-7,15,17H,8-13H2,1-3H3,(H6-,26,27,28,29,31,32,34);1H/t15?,17-,33?;/m1./s1. The Balaban J connectivity index is 0.00000342. The van der Waals surface area contributed by atoms with Crippen LogP contribution < -0.4 is 34.9 Å². The first-order valence-corrected chi connectivity index (χ1v) is 12.0. The number of quaternary nitrogens is 1. The van der Waals surface area contributed by atoms with Gasteiger partial charge in [-0.15, -0.1) is 0 Å². The molecule has 0 saturated carbocycles. The number of rotatable bonds is 4. The lowest BCUT2D eigenvalue weighted by Crippen LogP contribution is -3.00. The predicted octanol–water partition coefficient (Wildman–Crippen LogP) is -0.550. The first-order chi connectivity index (χ1) is 16.0. The number of aliphatic imine (C=N–C) groups is 1. The third-order valence-electron chi connectivity index (χ3n) is 7.07. The number of hydrogen-bond acceptors (Lipinski definition) is 6. The van der Waals surface area contributed by atoms with Gasteiger partial charge in [0.1, 0.15) is 19.1 Å². The minimum Gasteiger partial charge on any atom is -1.00 e. The van der Waals surface area contributed by atoms with Crippen molar-refractivity contribution in [3.05, 3.63) is 46.2 Å². The molecule has 0 radical (unpaired) electrons. The van der Waals surface area contributed by atoms with Gasteiger partial charge in [-0.2, -0.15) is 0 Å². The van der Waals surface area contributed by atoms with Crippen molar-refractivity contribution in [2.45, 2.75) is 51.6 Å². The van der Waals surface area contributed by atoms with Crippen LogP contribution in [0.25, 0.3) is 0 Å². The molecule has 0 aliphatic carbocycles. The first kappa shape index (κ1) is 27.0. The van der Waals surface area contributed by atoms with E-state index in [0.29, 0.717) is 5.92 Å². The van der Waals surface area contributed by atoms with Crippen LogP contribution in [0, 0.1) is 5.92 Å². The fraction of sp³-hybridized carbons (Fsp3) is 0.500. The van der Waals surface area contributed by atoms with Crippen molar-refractivity contribution in [2.75, 3.05) is 31.1 Å². The topological polar surface area (TPSA) is 145 Å². The van der Waals surface area contributed by atoms with Gasteiger partial charge in [-0.3, -0.25) is 10.1 Å². The number of carbonyl (C=O) groups excluding carboxylic acids is 1. The second-order valence-electron chi connectivity index (χ2n) is 10.6. The van der Waals surface area contributed by atoms with Crippen LogP contribution in [0.3, 0.4) is 0 Å². The lowest BCUT2D eigenvalue weighted by Gasteiger charge is -2.51. The Labute approximate surface area is 217 Å². The second kappa shape index (κ2) is 10.2. The highest BCUT2D eigenvalue weighted by molar-refractivity contribution is 6.31. The zero-order valence-electron chi connectivity index (χ0n) is 20.4. The van der Waals surface area contributed by atoms with Crippen molar-refractivity contribution in [1.29, 1.82) is 0 Å². The molecule has 11 heteroatoms. The van der Waals surface area contributed by atoms with E-state index in [-0.39, 0.29) is 52.3 Å². The molecule has 2 aromatic rings. The molecule has 3 fully saturated rings. The Bertz CT molecular complexity index is 1110. The molecule has 1 atom stereocenters. The molecule has 1 aromatic carbocycles. The number of benzene rings is 1. The molecule has 1 aromatic heterocycles. The summed E-state index contributed by atoms with van der Waals surface area (Å²) in [6.45, 7) is 10.8. The molecular formula is C24H34Cl2N8O. The Morgan fingerprint density at radius 2 is 1.77 bits per heavy atom. The van der Waals surface area contributed by atoms with E-state index >= 15 is 0 Å². The minimum atomic E-state index is -0.614. The van der Waals surface area contributed by atoms with Gasteiger partial charge in [0.15, 0.2) is 28.4 Å². The molecular weight excluding hydrogens is 487 g/mol. The summed E-state index contributed by atoms with van der Waals surface area (Å²) in [4.78, 5) is 25.0. The third-order valence-corrected chi connectivity index (χ3v) is 7.35. The maximum atomic E-state index is 12.6. The second-order valence-corrected chi connectivity index (χ2v) is 10.9. The summed E-state index contributed by atoms with van der Waals surface area (Å²) in [5.41, 5.74) is 20.1. The SMILES string of the molecule is CC(C)(C)c1ccc(C[N+]23CCC(CC2)[C@H](N=C(N)NC(=O)c2nc(Cl)c(N)nc2N)C3)cc1.[Cl-]. The van der Waals surface area contributed by atoms with E-state index in [1.807, 2.05) is 0 Å². The normalized spacial score (nSPS) is 24.1. The van der Waals surface area contributed by atoms with Crippen molar-refractivity contribution in [2.24, 2.45) is 16.6 Å². The van der Waals surface area contributed by atoms with Gasteiger partial charge in [0, 0.05) is 18.4 Å². The smallest absolute Gasteiger partial charge is 0.280 e. The molecule has 5 rings (SSSR count). The summed E-state index contributed by atoms with van der Waals surface area (Å²) >= 11 is 5.88. The molecule has 2 bridgehead atoms. The third kappa shape index (κ3) is 5.97. The highest BCUT2D eigenvalue weighted by Gasteiger charge is 2.46. The molecule has 0 unspecified atom stereocenters. The first-order valence-electron chi connectivity index (χ1n) is 11.6. The molecule has 0 spiro atoms. The Kier molecular flexibility index (Phi) is 7.83. The fourth-order valence-corrected chi connectivity index (χ4v) is 5.24. The number of guanidine groups is 1. The molecule has 7 N–H and O–H groups in total. The van der Waals surface area contributed by atoms with Crippen LogP contribution in [0.15, 0.2) is 29.3 Å². The number of anilines is 2. The molecule has 3 aliphatic heterocycles. The Morgan fingerprint density at radius 3 is 2.37 bits per heavy atom. The number of piperidine rings is 3. The minimum absolute atomic E-state index is 0. The van der Waals surface area contributed by atoms with Crippen LogP contribution in [0.5, 0.6) is 0 Å². The van der Waals surface area contributed by atoms with Gasteiger partial charge >= 0.3 is 0 Å². The number of carbonyl (C=O) groups is 1. The number of fused-ring (bicyclic) bond motifs is 3. The maximum absolute atomic E-state index is 12.6. The number of amides is 1. The number of nitrogens with zero attached hydrogens (tertiary/aromatic N) is 4. The van der Waals surface area contributed by atoms with Crippen LogP contribution in [-0.2, 0) is 12.0 Å². The maximum Gasteiger partial charge on any atom is 0.280 e. The summed E-state index contributed by atoms with van der Waals surface area (Å²) in [7, 11) is 0. The van der Waals surface area contributed by atoms with Gasteiger partial charge in [-0.05, 0) is 16.9 Å². The van der Waals surface area contributed by atoms with Crippen LogP contribution in [0.1, 0.15) is 55.2 Å². The van der Waals surface area contributed by atoms with Crippen molar-refractivity contribution in [3.8, 4) is 0 Å². The van der Waals surface area contributed by atoms with Crippen LogP contribution >= 0.6 is 11.6 Å². The van der Waals surface area contributed by atoms with Gasteiger partial charge in [-0.1, -0.05) is 56.6 Å². The van der Waals surface area contributed by atoms with E-state index in [1.54, 1.807) is 0 Å². The van der Waals surface area contributed by atoms with Crippen LogP contribution in [0.2, 0.25) is 5.15 Å². The van der Waals surface area contributed by atoms with Crippen LogP contribution in [-0.4, -0.2) is 52.0 Å². The molecule has 1 amide bonds. The molecule has 9 nitrogen and oxygen atoms in total. The van der Waals surface area contributed by atoms with Gasteiger partial charge in [-0.25, -0.2) is 15.0 Å². The number of hydrogen-bond donors (Lipinski definition) is 4. The lowest BCUT2D eigenvalue weighted by atomic mass is 9.81. The van der Waals surface area contributed by atoms with E-state index in [0.717, 1.165) is 43.5 Å². The molecule has 35 heavy (non-hydrogen) atoms. The number of nitrogens with one attached hydrogen (secondary N) is 1. The fourth-order valence-electron chi connectivity index (χ4n) is 5.11. The zero-order chi connectivity index (χ0) is 24.7. The largest absolute Gasteiger partial charge is 1.00 e. The van der Waals surface area contributed by atoms with E-state index in [9.17, 15) is 4.79 Å². The molecule has 3 saturated heterocycles. The highest BCUT2D eigenvalue weighted by Crippen LogP contribution is 2.37. The zero-order valence-corrected chi connectivity index (χ0v) is 21.9. The van der Waals surface area contributed by atoms with Crippen molar-refractivity contribution >= 4 is 35.1 Å². The monoisotopic (exact) mass is 520 g/mol. The van der Waals surface area contributed by atoms with Gasteiger partial charge in [0.2, 0.25) is 0 Å². The molecule has 3 aliphatic rings. The van der Waals surface area contributed by atoms with E-state index in [2.05, 4.69) is 65.3 Å². The van der Waals surface area contributed by atoms with Crippen molar-refractivity contribution in [1.82, 2.24) is 15.3 Å². The number of halogens is 2. The summed E-state index contributed by atoms with van der Waals surface area (Å²) in [5.74, 6) is -0.249. The number of nitrogen functional groups attached to an aromatic ring is 2. The lowest BCUT2D eigenvalue weighted by molar-refractivity contribution is -0.955. The average Bonchev–Trinajstić information content (AvgIpc) is 2.76. The van der Waals surface area contributed by atoms with E-state index in [4.69, 9.17) is 28.8 Å². The quantitative estimate of drug-likeness (QED) is 0.241. The number of aromatic nitrogens is 2. The number of nitrogens with two attached hydrogens (primary N) is 3. The van der Waals surface area contributed by atoms with Crippen molar-refractivity contribution in [3.63, 3.8) is 0 Å². The van der Waals surface area contributed by atoms with E-state index in [1.165, 1.54) is 11.1 Å². The summed E-state index contributed by atoms with van der Waals surface area (Å²) in [6.07, 6.45) is 2.20. The van der Waals surface area contributed by atoms with Crippen molar-refractivity contribution < 1.29 is 21.7 Å². The summed E-state index contributed by atoms with van der Waals surface area (Å²) in [6, 6.07) is 9.04. The van der Waals surface area contributed by atoms with Gasteiger partial charge in [0.25, 0.3) is 5.91 Å². The van der Waals surface area contributed by atoms with Crippen LogP contribution in [0.4, 0.5) is 11.6 Å². The summed E-state index contributed by atoms with van der Waals surface area (Å²) in [5, 5.41) is 2.48. The molecule has 190 valence electrons. The predicted molar refractivity (Wildman–Crippen MR) is 135 cm³/mol. The van der Waals surface area contributed by atoms with Gasteiger partial charge in [0.05, 0.1) is 13.1 Å².